The number of rotatable bonds is 7. The highest BCUT2D eigenvalue weighted by Crippen LogP contribution is 2.43. The fourth-order valence-electron chi connectivity index (χ4n) is 5.37. The monoisotopic (exact) mass is 402 g/mol. The quantitative estimate of drug-likeness (QED) is 0.590. The minimum atomic E-state index is 0.118. The SMILES string of the molecule is CCCC1CCC2=C(Cc3nc(CCC(=O)c4ccccc4)n(C4CC4)c(=O)c32)C1. The smallest absolute Gasteiger partial charge is 0.261 e. The van der Waals surface area contributed by atoms with Gasteiger partial charge in [0, 0.05) is 30.9 Å². The van der Waals surface area contributed by atoms with Gasteiger partial charge in [-0.25, -0.2) is 4.98 Å². The Labute approximate surface area is 178 Å². The minimum absolute atomic E-state index is 0.118. The van der Waals surface area contributed by atoms with Gasteiger partial charge >= 0.3 is 0 Å². The summed E-state index contributed by atoms with van der Waals surface area (Å²) in [6.45, 7) is 2.26. The highest BCUT2D eigenvalue weighted by molar-refractivity contribution is 5.96. The second-order valence-corrected chi connectivity index (χ2v) is 9.20. The van der Waals surface area contributed by atoms with Crippen molar-refractivity contribution in [1.82, 2.24) is 9.55 Å². The van der Waals surface area contributed by atoms with Crippen molar-refractivity contribution >= 4 is 11.4 Å². The average molecular weight is 403 g/mol. The molecule has 3 aliphatic carbocycles. The summed E-state index contributed by atoms with van der Waals surface area (Å²) in [5, 5.41) is 0. The second-order valence-electron chi connectivity index (χ2n) is 9.20. The summed E-state index contributed by atoms with van der Waals surface area (Å²) in [5.41, 5.74) is 5.53. The molecule has 1 atom stereocenters. The molecule has 1 aromatic carbocycles. The fraction of sp³-hybridized carbons (Fsp3) is 0.500. The zero-order valence-corrected chi connectivity index (χ0v) is 17.8. The first-order chi connectivity index (χ1) is 14.7. The largest absolute Gasteiger partial charge is 0.294 e. The Kier molecular flexibility index (Phi) is 5.18. The van der Waals surface area contributed by atoms with Crippen molar-refractivity contribution in [2.75, 3.05) is 0 Å². The highest BCUT2D eigenvalue weighted by atomic mass is 16.1. The maximum Gasteiger partial charge on any atom is 0.261 e. The zero-order chi connectivity index (χ0) is 20.7. The lowest BCUT2D eigenvalue weighted by Crippen LogP contribution is -2.28. The molecule has 1 unspecified atom stereocenters. The van der Waals surface area contributed by atoms with Crippen LogP contribution < -0.4 is 5.56 Å². The standard InChI is InChI=1S/C26H30N2O2/c1-2-6-17-9-12-21-19(15-17)16-22-25(21)26(30)28(20-10-11-20)24(27-22)14-13-23(29)18-7-4-3-5-8-18/h3-5,7-8,17,20H,2,6,9-16H2,1H3. The molecule has 1 heterocycles. The number of Topliss-reactive ketones (excluding diaryl/α,β-unsaturated/α-hetero) is 1. The Morgan fingerprint density at radius 1 is 1.17 bits per heavy atom. The topological polar surface area (TPSA) is 52.0 Å². The van der Waals surface area contributed by atoms with E-state index in [0.29, 0.717) is 12.8 Å². The molecule has 4 heteroatoms. The van der Waals surface area contributed by atoms with Crippen LogP contribution in [0.5, 0.6) is 0 Å². The second kappa shape index (κ2) is 7.98. The average Bonchev–Trinajstić information content (AvgIpc) is 3.52. The van der Waals surface area contributed by atoms with E-state index < -0.39 is 0 Å². The molecule has 3 aliphatic rings. The van der Waals surface area contributed by atoms with E-state index in [1.54, 1.807) is 0 Å². The molecule has 0 radical (unpaired) electrons. The normalized spacial score (nSPS) is 20.2. The molecule has 0 N–H and O–H groups in total. The van der Waals surface area contributed by atoms with E-state index in [9.17, 15) is 9.59 Å². The number of ketones is 1. The number of aryl methyl sites for hydroxylation is 1. The van der Waals surface area contributed by atoms with Crippen LogP contribution >= 0.6 is 0 Å². The number of benzene rings is 1. The molecular weight excluding hydrogens is 372 g/mol. The van der Waals surface area contributed by atoms with Crippen molar-refractivity contribution < 1.29 is 4.79 Å². The Hall–Kier alpha value is -2.49. The molecule has 1 saturated carbocycles. The molecule has 0 saturated heterocycles. The number of hydrogen-bond acceptors (Lipinski definition) is 3. The van der Waals surface area contributed by atoms with Crippen molar-refractivity contribution in [2.45, 2.75) is 77.2 Å². The van der Waals surface area contributed by atoms with Crippen molar-refractivity contribution in [1.29, 1.82) is 0 Å². The van der Waals surface area contributed by atoms with Crippen LogP contribution in [0.15, 0.2) is 40.7 Å². The van der Waals surface area contributed by atoms with E-state index in [-0.39, 0.29) is 17.4 Å². The van der Waals surface area contributed by atoms with E-state index in [4.69, 9.17) is 4.98 Å². The first kappa shape index (κ1) is 19.5. The van der Waals surface area contributed by atoms with Gasteiger partial charge in [0.1, 0.15) is 5.82 Å². The van der Waals surface area contributed by atoms with Gasteiger partial charge in [-0.05, 0) is 43.6 Å². The predicted octanol–water partition coefficient (Wildman–Crippen LogP) is 5.30. The van der Waals surface area contributed by atoms with Gasteiger partial charge in [-0.3, -0.25) is 14.2 Å². The molecule has 1 fully saturated rings. The minimum Gasteiger partial charge on any atom is -0.294 e. The molecule has 4 nitrogen and oxygen atoms in total. The summed E-state index contributed by atoms with van der Waals surface area (Å²) < 4.78 is 1.94. The number of allylic oxidation sites excluding steroid dienone is 2. The summed E-state index contributed by atoms with van der Waals surface area (Å²) >= 11 is 0. The first-order valence-corrected chi connectivity index (χ1v) is 11.6. The molecule has 5 rings (SSSR count). The van der Waals surface area contributed by atoms with Gasteiger partial charge in [-0.1, -0.05) is 55.7 Å². The first-order valence-electron chi connectivity index (χ1n) is 11.6. The van der Waals surface area contributed by atoms with Gasteiger partial charge in [0.05, 0.1) is 11.3 Å². The zero-order valence-electron chi connectivity index (χ0n) is 17.8. The number of aromatic nitrogens is 2. The lowest BCUT2D eigenvalue weighted by molar-refractivity contribution is 0.0981. The van der Waals surface area contributed by atoms with Crippen LogP contribution in [0.4, 0.5) is 0 Å². The summed E-state index contributed by atoms with van der Waals surface area (Å²) in [4.78, 5) is 31.2. The number of hydrogen-bond donors (Lipinski definition) is 0. The fourth-order valence-corrected chi connectivity index (χ4v) is 5.37. The van der Waals surface area contributed by atoms with E-state index in [1.165, 1.54) is 30.4 Å². The summed E-state index contributed by atoms with van der Waals surface area (Å²) in [6.07, 6.45) is 9.73. The Morgan fingerprint density at radius 3 is 2.70 bits per heavy atom. The summed E-state index contributed by atoms with van der Waals surface area (Å²) in [7, 11) is 0. The van der Waals surface area contributed by atoms with Crippen LogP contribution in [0.3, 0.4) is 0 Å². The third-order valence-electron chi connectivity index (χ3n) is 6.99. The summed E-state index contributed by atoms with van der Waals surface area (Å²) in [5.74, 6) is 1.69. The summed E-state index contributed by atoms with van der Waals surface area (Å²) in [6, 6.07) is 9.70. The van der Waals surface area contributed by atoms with Crippen LogP contribution in [0.25, 0.3) is 5.57 Å². The Morgan fingerprint density at radius 2 is 1.97 bits per heavy atom. The van der Waals surface area contributed by atoms with Gasteiger partial charge in [0.25, 0.3) is 5.56 Å². The predicted molar refractivity (Wildman–Crippen MR) is 119 cm³/mol. The van der Waals surface area contributed by atoms with E-state index in [1.807, 2.05) is 34.9 Å². The van der Waals surface area contributed by atoms with Gasteiger partial charge in [0.2, 0.25) is 0 Å². The van der Waals surface area contributed by atoms with Crippen molar-refractivity contribution in [3.8, 4) is 0 Å². The molecule has 0 spiro atoms. The maximum atomic E-state index is 13.5. The van der Waals surface area contributed by atoms with Crippen LogP contribution in [0.2, 0.25) is 0 Å². The van der Waals surface area contributed by atoms with Gasteiger partial charge in [-0.15, -0.1) is 0 Å². The molecule has 2 aromatic rings. The molecule has 1 aromatic heterocycles. The van der Waals surface area contributed by atoms with E-state index in [0.717, 1.165) is 60.7 Å². The third kappa shape index (κ3) is 3.57. The molecule has 30 heavy (non-hydrogen) atoms. The van der Waals surface area contributed by atoms with Gasteiger partial charge in [0.15, 0.2) is 5.78 Å². The number of nitrogens with zero attached hydrogens (tertiary/aromatic N) is 2. The number of fused-ring (bicyclic) bond motifs is 2. The maximum absolute atomic E-state index is 13.5. The number of carbonyl (C=O) groups is 1. The van der Waals surface area contributed by atoms with Crippen LogP contribution in [0.1, 0.15) is 91.8 Å². The molecule has 0 amide bonds. The highest BCUT2D eigenvalue weighted by Gasteiger charge is 2.35. The Bertz CT molecular complexity index is 1060. The van der Waals surface area contributed by atoms with Crippen LogP contribution in [-0.4, -0.2) is 15.3 Å². The lowest BCUT2D eigenvalue weighted by Gasteiger charge is -2.23. The molecule has 156 valence electrons. The Balaban J connectivity index is 1.43. The third-order valence-corrected chi connectivity index (χ3v) is 6.99. The molecular formula is C26H30N2O2. The van der Waals surface area contributed by atoms with E-state index >= 15 is 0 Å². The van der Waals surface area contributed by atoms with Gasteiger partial charge in [-0.2, -0.15) is 0 Å². The van der Waals surface area contributed by atoms with Gasteiger partial charge < -0.3 is 0 Å². The molecule has 0 aliphatic heterocycles. The molecule has 0 bridgehead atoms. The van der Waals surface area contributed by atoms with Crippen LogP contribution in [0, 0.1) is 5.92 Å². The van der Waals surface area contributed by atoms with E-state index in [2.05, 4.69) is 6.92 Å². The lowest BCUT2D eigenvalue weighted by atomic mass is 9.82. The van der Waals surface area contributed by atoms with Crippen LogP contribution in [-0.2, 0) is 12.8 Å². The van der Waals surface area contributed by atoms with Crippen molar-refractivity contribution in [3.05, 3.63) is 68.9 Å². The number of carbonyl (C=O) groups excluding carboxylic acids is 1. The van der Waals surface area contributed by atoms with Crippen molar-refractivity contribution in [2.24, 2.45) is 5.92 Å². The van der Waals surface area contributed by atoms with Crippen molar-refractivity contribution in [3.63, 3.8) is 0 Å².